The molecule has 0 aliphatic rings. The van der Waals surface area contributed by atoms with Crippen molar-refractivity contribution >= 4 is 22.2 Å². The van der Waals surface area contributed by atoms with Gasteiger partial charge in [0, 0.05) is 30.3 Å². The summed E-state index contributed by atoms with van der Waals surface area (Å²) in [6.45, 7) is 2.66. The summed E-state index contributed by atoms with van der Waals surface area (Å²) in [7, 11) is 0. The molecule has 5 nitrogen and oxygen atoms in total. The minimum absolute atomic E-state index is 0.0783. The molecule has 0 saturated carbocycles. The smallest absolute Gasteiger partial charge is 0.220 e. The van der Waals surface area contributed by atoms with Gasteiger partial charge in [0.15, 0.2) is 5.82 Å². The summed E-state index contributed by atoms with van der Waals surface area (Å²) in [6, 6.07) is 18.2. The second kappa shape index (κ2) is 8.35. The Kier molecular flexibility index (Phi) is 5.48. The van der Waals surface area contributed by atoms with Crippen molar-refractivity contribution in [2.75, 3.05) is 6.54 Å². The Morgan fingerprint density at radius 2 is 1.86 bits per heavy atom. The van der Waals surface area contributed by atoms with Crippen LogP contribution in [-0.2, 0) is 17.6 Å². The Balaban J connectivity index is 1.35. The number of hydrogen-bond donors (Lipinski definition) is 1. The first-order chi connectivity index (χ1) is 13.7. The molecule has 0 radical (unpaired) electrons. The van der Waals surface area contributed by atoms with Gasteiger partial charge in [-0.2, -0.15) is 4.98 Å². The fourth-order valence-electron chi connectivity index (χ4n) is 3.16. The lowest BCUT2D eigenvalue weighted by molar-refractivity contribution is -0.121. The van der Waals surface area contributed by atoms with Crippen LogP contribution in [0, 0.1) is 6.92 Å². The Bertz CT molecular complexity index is 1080. The molecule has 0 aliphatic carbocycles. The zero-order valence-corrected chi connectivity index (χ0v) is 16.6. The predicted molar refractivity (Wildman–Crippen MR) is 113 cm³/mol. The average molecular weight is 391 g/mol. The quantitative estimate of drug-likeness (QED) is 0.518. The first kappa shape index (κ1) is 18.4. The van der Waals surface area contributed by atoms with Crippen molar-refractivity contribution in [2.24, 2.45) is 0 Å². The molecule has 0 bridgehead atoms. The van der Waals surface area contributed by atoms with Crippen molar-refractivity contribution in [3.63, 3.8) is 0 Å². The fourth-order valence-corrected chi connectivity index (χ4v) is 4.01. The van der Waals surface area contributed by atoms with Gasteiger partial charge in [-0.25, -0.2) is 4.52 Å². The summed E-state index contributed by atoms with van der Waals surface area (Å²) in [5, 5.41) is 9.75. The average Bonchev–Trinajstić information content (AvgIpc) is 3.29. The molecule has 0 saturated heterocycles. The van der Waals surface area contributed by atoms with Crippen LogP contribution in [0.15, 0.2) is 60.0 Å². The van der Waals surface area contributed by atoms with Gasteiger partial charge >= 0.3 is 0 Å². The number of aromatic nitrogens is 3. The first-order valence-corrected chi connectivity index (χ1v) is 10.3. The number of benzene rings is 2. The van der Waals surface area contributed by atoms with Gasteiger partial charge in [0.25, 0.3) is 0 Å². The molecule has 4 aromatic rings. The number of nitrogens with one attached hydrogen (secondary N) is 1. The van der Waals surface area contributed by atoms with E-state index in [2.05, 4.69) is 33.8 Å². The molecule has 0 aliphatic heterocycles. The highest BCUT2D eigenvalue weighted by molar-refractivity contribution is 7.15. The highest BCUT2D eigenvalue weighted by atomic mass is 32.1. The molecule has 6 heteroatoms. The van der Waals surface area contributed by atoms with Crippen LogP contribution in [0.3, 0.4) is 0 Å². The van der Waals surface area contributed by atoms with Crippen LogP contribution in [0.25, 0.3) is 16.3 Å². The predicted octanol–water partition coefficient (Wildman–Crippen LogP) is 4.06. The van der Waals surface area contributed by atoms with Crippen LogP contribution in [-0.4, -0.2) is 27.0 Å². The van der Waals surface area contributed by atoms with Crippen molar-refractivity contribution in [2.45, 2.75) is 26.2 Å². The summed E-state index contributed by atoms with van der Waals surface area (Å²) in [4.78, 5) is 17.6. The van der Waals surface area contributed by atoms with Crippen LogP contribution < -0.4 is 5.32 Å². The van der Waals surface area contributed by atoms with Gasteiger partial charge in [-0.15, -0.1) is 16.4 Å². The monoisotopic (exact) mass is 390 g/mol. The Labute approximate surface area is 168 Å². The maximum atomic E-state index is 12.1. The van der Waals surface area contributed by atoms with Crippen LogP contribution in [0.2, 0.25) is 0 Å². The zero-order chi connectivity index (χ0) is 19.3. The molecule has 1 N–H and O–H groups in total. The number of amides is 1. The molecule has 2 aromatic carbocycles. The lowest BCUT2D eigenvalue weighted by atomic mass is 10.1. The molecule has 4 rings (SSSR count). The molecular weight excluding hydrogens is 368 g/mol. The third-order valence-electron chi connectivity index (χ3n) is 4.72. The number of hydrogen-bond acceptors (Lipinski definition) is 4. The third kappa shape index (κ3) is 4.12. The largest absolute Gasteiger partial charge is 0.356 e. The van der Waals surface area contributed by atoms with E-state index < -0.39 is 0 Å². The van der Waals surface area contributed by atoms with Crippen molar-refractivity contribution in [1.82, 2.24) is 19.9 Å². The second-order valence-electron chi connectivity index (χ2n) is 6.76. The molecule has 28 heavy (non-hydrogen) atoms. The van der Waals surface area contributed by atoms with E-state index in [0.717, 1.165) is 40.4 Å². The van der Waals surface area contributed by atoms with Gasteiger partial charge in [-0.3, -0.25) is 4.79 Å². The van der Waals surface area contributed by atoms with Gasteiger partial charge in [0.1, 0.15) is 0 Å². The number of carbonyl (C=O) groups excluding carboxylic acids is 1. The van der Waals surface area contributed by atoms with E-state index in [9.17, 15) is 4.79 Å². The first-order valence-electron chi connectivity index (χ1n) is 9.40. The number of carbonyl (C=O) groups is 1. The van der Waals surface area contributed by atoms with E-state index in [1.807, 2.05) is 53.0 Å². The number of nitrogens with zero attached hydrogens (tertiary/aromatic N) is 3. The highest BCUT2D eigenvalue weighted by Crippen LogP contribution is 2.23. The maximum Gasteiger partial charge on any atom is 0.220 e. The minimum atomic E-state index is 0.0783. The van der Waals surface area contributed by atoms with Gasteiger partial charge in [0.2, 0.25) is 10.9 Å². The summed E-state index contributed by atoms with van der Waals surface area (Å²) < 4.78 is 1.89. The lowest BCUT2D eigenvalue weighted by Gasteiger charge is -2.05. The lowest BCUT2D eigenvalue weighted by Crippen LogP contribution is -2.26. The van der Waals surface area contributed by atoms with Crippen LogP contribution in [0.1, 0.15) is 23.2 Å². The van der Waals surface area contributed by atoms with Gasteiger partial charge in [-0.05, 0) is 24.5 Å². The van der Waals surface area contributed by atoms with E-state index in [4.69, 9.17) is 0 Å². The van der Waals surface area contributed by atoms with Crippen molar-refractivity contribution in [1.29, 1.82) is 0 Å². The van der Waals surface area contributed by atoms with Crippen molar-refractivity contribution in [3.8, 4) is 11.4 Å². The van der Waals surface area contributed by atoms with Gasteiger partial charge in [0.05, 0.1) is 5.69 Å². The highest BCUT2D eigenvalue weighted by Gasteiger charge is 2.13. The number of rotatable bonds is 7. The summed E-state index contributed by atoms with van der Waals surface area (Å²) >= 11 is 1.58. The summed E-state index contributed by atoms with van der Waals surface area (Å²) in [5.41, 5.74) is 4.46. The molecular formula is C22H22N4OS. The van der Waals surface area contributed by atoms with Crippen molar-refractivity contribution in [3.05, 3.63) is 76.8 Å². The van der Waals surface area contributed by atoms with E-state index >= 15 is 0 Å². The molecule has 1 amide bonds. The zero-order valence-electron chi connectivity index (χ0n) is 15.8. The maximum absolute atomic E-state index is 12.1. The molecule has 0 unspecified atom stereocenters. The molecule has 2 heterocycles. The third-order valence-corrected chi connectivity index (χ3v) is 5.59. The van der Waals surface area contributed by atoms with Crippen molar-refractivity contribution < 1.29 is 4.79 Å². The van der Waals surface area contributed by atoms with Gasteiger partial charge < -0.3 is 5.32 Å². The van der Waals surface area contributed by atoms with Crippen LogP contribution >= 0.6 is 11.3 Å². The van der Waals surface area contributed by atoms with Crippen LogP contribution in [0.4, 0.5) is 0 Å². The van der Waals surface area contributed by atoms with E-state index in [-0.39, 0.29) is 5.91 Å². The Morgan fingerprint density at radius 3 is 2.68 bits per heavy atom. The fraction of sp³-hybridized carbons (Fsp3) is 0.227. The second-order valence-corrected chi connectivity index (χ2v) is 7.59. The van der Waals surface area contributed by atoms with Gasteiger partial charge in [-0.1, -0.05) is 54.6 Å². The topological polar surface area (TPSA) is 59.3 Å². The van der Waals surface area contributed by atoms with E-state index in [0.29, 0.717) is 13.0 Å². The number of thiazole rings is 1. The molecule has 0 spiro atoms. The standard InChI is InChI=1S/C22H22N4OS/c1-16-7-5-6-10-19(16)21-24-22-26(25-21)18(15-28-22)13-14-23-20(27)12-11-17-8-3-2-4-9-17/h2-10,15H,11-14H2,1H3,(H,23,27). The minimum Gasteiger partial charge on any atom is -0.356 e. The summed E-state index contributed by atoms with van der Waals surface area (Å²) in [5.74, 6) is 0.826. The van der Waals surface area contributed by atoms with Crippen LogP contribution in [0.5, 0.6) is 0 Å². The van der Waals surface area contributed by atoms with E-state index in [1.54, 1.807) is 11.3 Å². The summed E-state index contributed by atoms with van der Waals surface area (Å²) in [6.07, 6.45) is 2.00. The Hall–Kier alpha value is -2.99. The van der Waals surface area contributed by atoms with E-state index in [1.165, 1.54) is 5.56 Å². The Morgan fingerprint density at radius 1 is 1.07 bits per heavy atom. The molecule has 0 fully saturated rings. The molecule has 142 valence electrons. The SMILES string of the molecule is Cc1ccccc1-c1nc2scc(CCNC(=O)CCc3ccccc3)n2n1. The molecule has 2 aromatic heterocycles. The number of fused-ring (bicyclic) bond motifs is 1. The molecule has 0 atom stereocenters. The number of aryl methyl sites for hydroxylation is 2. The normalized spacial score (nSPS) is 11.0.